The van der Waals surface area contributed by atoms with Gasteiger partial charge in [-0.05, 0) is 142 Å². The Labute approximate surface area is 322 Å². The van der Waals surface area contributed by atoms with Crippen LogP contribution in [-0.2, 0) is 23.9 Å². The quantitative estimate of drug-likeness (QED) is 0.0761. The summed E-state index contributed by atoms with van der Waals surface area (Å²) in [5, 5.41) is 25.8. The summed E-state index contributed by atoms with van der Waals surface area (Å²) in [6, 6.07) is 0. The first-order valence-corrected chi connectivity index (χ1v) is 22.1. The molecule has 9 nitrogen and oxygen atoms in total. The van der Waals surface area contributed by atoms with Gasteiger partial charge in [-0.25, -0.2) is 0 Å². The maximum atomic E-state index is 13.1. The standard InChI is InChI=1S/C44H78N2O7/c1-7-10-15-40(50)53-29-13-27-46(26-12-28-52-39(49)14-8-2)25-11-24-45-38(48)19-16-31(4)34-17-18-35-41-36(21-23-43(34,35)5)44(6)22-20-32(47)30-37(44)33(9-3)42(41)51/h31-37,41-42,47,51H,7-30H2,1-6H3,(H,45,48)/t31-,32-,33-,34-,35+,36+,37+,41+,42-,43-,44-/m1/s1. The Balaban J connectivity index is 1.22. The van der Waals surface area contributed by atoms with Crippen LogP contribution in [0.5, 0.6) is 0 Å². The van der Waals surface area contributed by atoms with Gasteiger partial charge in [-0.15, -0.1) is 0 Å². The van der Waals surface area contributed by atoms with Crippen molar-refractivity contribution in [2.45, 2.75) is 169 Å². The third-order valence-corrected chi connectivity index (χ3v) is 14.9. The van der Waals surface area contributed by atoms with Crippen molar-refractivity contribution in [2.75, 3.05) is 39.4 Å². The second-order valence-electron chi connectivity index (χ2n) is 18.2. The van der Waals surface area contributed by atoms with Crippen molar-refractivity contribution in [3.8, 4) is 0 Å². The minimum absolute atomic E-state index is 0.126. The minimum atomic E-state index is -0.273. The van der Waals surface area contributed by atoms with E-state index in [1.54, 1.807) is 0 Å². The molecule has 0 heterocycles. The Morgan fingerprint density at radius 2 is 1.42 bits per heavy atom. The van der Waals surface area contributed by atoms with Gasteiger partial charge in [0.1, 0.15) is 0 Å². The highest BCUT2D eigenvalue weighted by molar-refractivity contribution is 5.75. The lowest BCUT2D eigenvalue weighted by Gasteiger charge is -2.64. The second-order valence-corrected chi connectivity index (χ2v) is 18.2. The van der Waals surface area contributed by atoms with Crippen molar-refractivity contribution in [3.05, 3.63) is 0 Å². The smallest absolute Gasteiger partial charge is 0.305 e. The molecule has 53 heavy (non-hydrogen) atoms. The first kappa shape index (κ1) is 44.0. The Kier molecular flexibility index (Phi) is 17.4. The monoisotopic (exact) mass is 747 g/mol. The number of nitrogens with one attached hydrogen (secondary N) is 1. The molecular formula is C44H78N2O7. The summed E-state index contributed by atoms with van der Waals surface area (Å²) in [4.78, 5) is 39.1. The predicted octanol–water partition coefficient (Wildman–Crippen LogP) is 7.69. The van der Waals surface area contributed by atoms with E-state index in [1.165, 1.54) is 25.7 Å². The number of aliphatic hydroxyl groups is 2. The Morgan fingerprint density at radius 3 is 2.08 bits per heavy atom. The number of nitrogens with zero attached hydrogens (tertiary/aromatic N) is 1. The van der Waals surface area contributed by atoms with Gasteiger partial charge in [-0.2, -0.15) is 0 Å². The minimum Gasteiger partial charge on any atom is -0.466 e. The van der Waals surface area contributed by atoms with E-state index < -0.39 is 0 Å². The second kappa shape index (κ2) is 21.0. The number of fused-ring (bicyclic) bond motifs is 5. The molecule has 0 unspecified atom stereocenters. The van der Waals surface area contributed by atoms with E-state index in [2.05, 4.69) is 44.8 Å². The lowest BCUT2D eigenvalue weighted by Crippen LogP contribution is -2.62. The van der Waals surface area contributed by atoms with Gasteiger partial charge in [0.2, 0.25) is 5.91 Å². The maximum absolute atomic E-state index is 13.1. The van der Waals surface area contributed by atoms with E-state index in [-0.39, 0.29) is 46.8 Å². The van der Waals surface area contributed by atoms with Crippen LogP contribution in [0.2, 0.25) is 0 Å². The van der Waals surface area contributed by atoms with Crippen molar-refractivity contribution < 1.29 is 34.1 Å². The van der Waals surface area contributed by atoms with Crippen molar-refractivity contribution in [1.82, 2.24) is 10.2 Å². The number of amides is 1. The molecule has 9 heteroatoms. The zero-order valence-electron chi connectivity index (χ0n) is 34.5. The third kappa shape index (κ3) is 11.2. The van der Waals surface area contributed by atoms with E-state index >= 15 is 0 Å². The van der Waals surface area contributed by atoms with Gasteiger partial charge in [-0.3, -0.25) is 14.4 Å². The molecule has 4 aliphatic rings. The van der Waals surface area contributed by atoms with Crippen LogP contribution in [-0.4, -0.2) is 84.6 Å². The summed E-state index contributed by atoms with van der Waals surface area (Å²) in [5.74, 6) is 3.02. The van der Waals surface area contributed by atoms with Crippen LogP contribution < -0.4 is 5.32 Å². The van der Waals surface area contributed by atoms with E-state index in [0.29, 0.717) is 74.5 Å². The molecule has 4 saturated carbocycles. The lowest BCUT2D eigenvalue weighted by atomic mass is 9.41. The number of aliphatic hydroxyl groups excluding tert-OH is 2. The van der Waals surface area contributed by atoms with Gasteiger partial charge < -0.3 is 29.9 Å². The highest BCUT2D eigenvalue weighted by Crippen LogP contribution is 2.69. The molecule has 1 amide bonds. The summed E-state index contributed by atoms with van der Waals surface area (Å²) in [7, 11) is 0. The molecule has 0 saturated heterocycles. The average Bonchev–Trinajstić information content (AvgIpc) is 3.49. The largest absolute Gasteiger partial charge is 0.466 e. The number of unbranched alkanes of at least 4 members (excludes halogenated alkanes) is 1. The Morgan fingerprint density at radius 1 is 0.774 bits per heavy atom. The van der Waals surface area contributed by atoms with Gasteiger partial charge >= 0.3 is 11.9 Å². The molecule has 0 spiro atoms. The number of rotatable bonds is 22. The van der Waals surface area contributed by atoms with Gasteiger partial charge in [0.15, 0.2) is 0 Å². The fourth-order valence-electron chi connectivity index (χ4n) is 12.1. The number of carbonyl (C=O) groups excluding carboxylic acids is 3. The molecule has 0 aromatic rings. The topological polar surface area (TPSA) is 125 Å². The molecule has 0 aromatic heterocycles. The Hall–Kier alpha value is -1.71. The molecule has 4 fully saturated rings. The summed E-state index contributed by atoms with van der Waals surface area (Å²) in [6.45, 7) is 17.5. The zero-order chi connectivity index (χ0) is 38.6. The lowest BCUT2D eigenvalue weighted by molar-refractivity contribution is -0.203. The summed E-state index contributed by atoms with van der Waals surface area (Å²) < 4.78 is 10.8. The molecule has 0 radical (unpaired) electrons. The van der Waals surface area contributed by atoms with Gasteiger partial charge in [0, 0.05) is 38.9 Å². The van der Waals surface area contributed by atoms with Crippen LogP contribution in [0.4, 0.5) is 0 Å². The predicted molar refractivity (Wildman–Crippen MR) is 210 cm³/mol. The molecule has 4 aliphatic carbocycles. The number of ether oxygens (including phenoxy) is 2. The number of hydrogen-bond donors (Lipinski definition) is 3. The SMILES string of the molecule is CCCCC(=O)OCCCN(CCCNC(=O)CC[C@@H](C)[C@H]1CC[C@H]2[C@@H]3[C@H](O)[C@H](CC)[C@@H]4C[C@H](O)CC[C@]4(C)[C@H]3CC[C@]12C)CCCOC(=O)CCC. The molecule has 4 rings (SSSR count). The maximum Gasteiger partial charge on any atom is 0.305 e. The van der Waals surface area contributed by atoms with Crippen LogP contribution in [0, 0.1) is 52.3 Å². The molecule has 306 valence electrons. The van der Waals surface area contributed by atoms with Crippen LogP contribution >= 0.6 is 0 Å². The van der Waals surface area contributed by atoms with Crippen LogP contribution in [0.1, 0.15) is 157 Å². The van der Waals surface area contributed by atoms with Gasteiger partial charge in [0.25, 0.3) is 0 Å². The Bertz CT molecular complexity index is 1150. The zero-order valence-corrected chi connectivity index (χ0v) is 34.5. The van der Waals surface area contributed by atoms with Crippen molar-refractivity contribution in [1.29, 1.82) is 0 Å². The highest BCUT2D eigenvalue weighted by atomic mass is 16.5. The van der Waals surface area contributed by atoms with Gasteiger partial charge in [0.05, 0.1) is 25.4 Å². The number of esters is 2. The average molecular weight is 747 g/mol. The fraction of sp³-hybridized carbons (Fsp3) is 0.932. The van der Waals surface area contributed by atoms with Crippen LogP contribution in [0.3, 0.4) is 0 Å². The van der Waals surface area contributed by atoms with E-state index in [1.807, 2.05) is 6.92 Å². The van der Waals surface area contributed by atoms with E-state index in [0.717, 1.165) is 90.3 Å². The molecule has 0 aromatic carbocycles. The van der Waals surface area contributed by atoms with Crippen molar-refractivity contribution >= 4 is 17.8 Å². The number of carbonyl (C=O) groups is 3. The first-order chi connectivity index (χ1) is 25.4. The third-order valence-electron chi connectivity index (χ3n) is 14.9. The normalized spacial score (nSPS) is 34.1. The van der Waals surface area contributed by atoms with Crippen LogP contribution in [0.25, 0.3) is 0 Å². The van der Waals surface area contributed by atoms with Crippen molar-refractivity contribution in [2.24, 2.45) is 52.3 Å². The van der Waals surface area contributed by atoms with E-state index in [4.69, 9.17) is 9.47 Å². The van der Waals surface area contributed by atoms with Gasteiger partial charge in [-0.1, -0.05) is 54.4 Å². The summed E-state index contributed by atoms with van der Waals surface area (Å²) >= 11 is 0. The first-order valence-electron chi connectivity index (χ1n) is 22.1. The highest BCUT2D eigenvalue weighted by Gasteiger charge is 2.64. The molecule has 11 atom stereocenters. The number of hydrogen-bond acceptors (Lipinski definition) is 8. The molecule has 0 bridgehead atoms. The molecule has 3 N–H and O–H groups in total. The van der Waals surface area contributed by atoms with E-state index in [9.17, 15) is 24.6 Å². The summed E-state index contributed by atoms with van der Waals surface area (Å²) in [5.41, 5.74) is 0.426. The van der Waals surface area contributed by atoms with Crippen molar-refractivity contribution in [3.63, 3.8) is 0 Å². The van der Waals surface area contributed by atoms with Crippen LogP contribution in [0.15, 0.2) is 0 Å². The summed E-state index contributed by atoms with van der Waals surface area (Å²) in [6.07, 6.45) is 15.4. The molecule has 0 aliphatic heterocycles. The fourth-order valence-corrected chi connectivity index (χ4v) is 12.1. The molecular weight excluding hydrogens is 668 g/mol.